The minimum Gasteiger partial charge on any atom is -0.462 e. The molecule has 2 rings (SSSR count). The molecule has 124 valence electrons. The quantitative estimate of drug-likeness (QED) is 0.779. The Morgan fingerprint density at radius 1 is 1.35 bits per heavy atom. The molecule has 0 aliphatic rings. The van der Waals surface area contributed by atoms with Crippen molar-refractivity contribution in [2.45, 2.75) is 18.7 Å². The van der Waals surface area contributed by atoms with E-state index in [0.717, 1.165) is 0 Å². The number of anilines is 1. The van der Waals surface area contributed by atoms with Crippen molar-refractivity contribution in [2.24, 2.45) is 0 Å². The second-order valence-corrected chi connectivity index (χ2v) is 6.98. The molecule has 0 bridgehead atoms. The van der Waals surface area contributed by atoms with Crippen LogP contribution in [0.1, 0.15) is 22.8 Å². The van der Waals surface area contributed by atoms with Gasteiger partial charge in [-0.3, -0.25) is 9.82 Å². The third-order valence-corrected chi connectivity index (χ3v) is 5.10. The lowest BCUT2D eigenvalue weighted by Crippen LogP contribution is -2.16. The molecule has 1 heterocycles. The Balaban J connectivity index is 2.39. The average Bonchev–Trinajstić information content (AvgIpc) is 2.90. The fourth-order valence-electron chi connectivity index (χ4n) is 1.75. The van der Waals surface area contributed by atoms with Gasteiger partial charge < -0.3 is 4.74 Å². The van der Waals surface area contributed by atoms with E-state index in [1.165, 1.54) is 18.3 Å². The molecule has 0 aliphatic heterocycles. The Bertz CT molecular complexity index is 849. The molecular weight excluding hydrogens is 365 g/mol. The first kappa shape index (κ1) is 17.6. The zero-order valence-electron chi connectivity index (χ0n) is 12.2. The molecule has 0 saturated carbocycles. The number of ether oxygens (including phenoxy) is 1. The van der Waals surface area contributed by atoms with Gasteiger partial charge in [-0.1, -0.05) is 23.2 Å². The van der Waals surface area contributed by atoms with Gasteiger partial charge >= 0.3 is 5.97 Å². The van der Waals surface area contributed by atoms with Gasteiger partial charge in [-0.15, -0.1) is 0 Å². The lowest BCUT2D eigenvalue weighted by Gasteiger charge is -2.11. The van der Waals surface area contributed by atoms with E-state index in [1.807, 2.05) is 0 Å². The van der Waals surface area contributed by atoms with Crippen LogP contribution in [0.2, 0.25) is 10.0 Å². The van der Waals surface area contributed by atoms with Crippen molar-refractivity contribution < 1.29 is 17.9 Å². The second-order valence-electron chi connectivity index (χ2n) is 4.52. The average molecular weight is 378 g/mol. The summed E-state index contributed by atoms with van der Waals surface area (Å²) in [5.74, 6) is -0.801. The minimum absolute atomic E-state index is 0.0303. The van der Waals surface area contributed by atoms with E-state index in [1.54, 1.807) is 13.8 Å². The number of rotatable bonds is 5. The number of carbonyl (C=O) groups is 1. The number of aromatic nitrogens is 2. The van der Waals surface area contributed by atoms with Crippen molar-refractivity contribution in [3.8, 4) is 0 Å². The van der Waals surface area contributed by atoms with Gasteiger partial charge in [-0.05, 0) is 31.5 Å². The maximum atomic E-state index is 12.5. The van der Waals surface area contributed by atoms with E-state index in [4.69, 9.17) is 27.9 Å². The van der Waals surface area contributed by atoms with Crippen molar-refractivity contribution in [2.75, 3.05) is 11.3 Å². The number of nitrogens with zero attached hydrogens (tertiary/aromatic N) is 1. The standard InChI is InChI=1S/C13H13Cl2N3O4S/c1-3-22-13(19)8-6-16-17-12(8)18-23(20,21)11-4-7(2)9(14)5-10(11)15/h4-6H,3H2,1-2H3,(H2,16,17,18). The molecule has 0 saturated heterocycles. The zero-order chi connectivity index (χ0) is 17.2. The fraction of sp³-hybridized carbons (Fsp3) is 0.231. The Hall–Kier alpha value is -1.77. The van der Waals surface area contributed by atoms with Crippen LogP contribution in [-0.2, 0) is 14.8 Å². The van der Waals surface area contributed by atoms with Gasteiger partial charge in [0.05, 0.1) is 17.8 Å². The predicted octanol–water partition coefficient (Wildman–Crippen LogP) is 3.00. The summed E-state index contributed by atoms with van der Waals surface area (Å²) in [6.45, 7) is 3.44. The second kappa shape index (κ2) is 6.77. The molecule has 2 aromatic rings. The van der Waals surface area contributed by atoms with Crippen molar-refractivity contribution in [3.63, 3.8) is 0 Å². The summed E-state index contributed by atoms with van der Waals surface area (Å²) in [5, 5.41) is 6.37. The van der Waals surface area contributed by atoms with E-state index in [-0.39, 0.29) is 27.9 Å². The van der Waals surface area contributed by atoms with Gasteiger partial charge in [0.25, 0.3) is 10.0 Å². The minimum atomic E-state index is -4.04. The van der Waals surface area contributed by atoms with Crippen LogP contribution >= 0.6 is 23.2 Å². The summed E-state index contributed by atoms with van der Waals surface area (Å²) in [6.07, 6.45) is 1.17. The van der Waals surface area contributed by atoms with E-state index < -0.39 is 16.0 Å². The van der Waals surface area contributed by atoms with E-state index in [9.17, 15) is 13.2 Å². The summed E-state index contributed by atoms with van der Waals surface area (Å²) in [7, 11) is -4.04. The molecule has 0 amide bonds. The molecular formula is C13H13Cl2N3O4S. The smallest absolute Gasteiger partial charge is 0.343 e. The number of sulfonamides is 1. The number of aryl methyl sites for hydroxylation is 1. The van der Waals surface area contributed by atoms with Crippen LogP contribution in [0.4, 0.5) is 5.82 Å². The number of halogens is 2. The Morgan fingerprint density at radius 2 is 2.04 bits per heavy atom. The molecule has 0 fully saturated rings. The van der Waals surface area contributed by atoms with Crippen molar-refractivity contribution in [1.29, 1.82) is 0 Å². The molecule has 2 N–H and O–H groups in total. The number of hydrogen-bond acceptors (Lipinski definition) is 5. The number of H-pyrrole nitrogens is 1. The fourth-order valence-corrected chi connectivity index (χ4v) is 3.62. The van der Waals surface area contributed by atoms with Crippen molar-refractivity contribution in [1.82, 2.24) is 10.2 Å². The number of esters is 1. The molecule has 23 heavy (non-hydrogen) atoms. The third-order valence-electron chi connectivity index (χ3n) is 2.87. The SMILES string of the molecule is CCOC(=O)c1cn[nH]c1NS(=O)(=O)c1cc(C)c(Cl)cc1Cl. The highest BCUT2D eigenvalue weighted by Gasteiger charge is 2.24. The van der Waals surface area contributed by atoms with Crippen LogP contribution in [0.25, 0.3) is 0 Å². The molecule has 1 aromatic heterocycles. The lowest BCUT2D eigenvalue weighted by molar-refractivity contribution is 0.0527. The number of aromatic amines is 1. The van der Waals surface area contributed by atoms with Gasteiger partial charge in [0.15, 0.2) is 0 Å². The van der Waals surface area contributed by atoms with Crippen LogP contribution in [0, 0.1) is 6.92 Å². The van der Waals surface area contributed by atoms with E-state index in [2.05, 4.69) is 14.9 Å². The monoisotopic (exact) mass is 377 g/mol. The number of carbonyl (C=O) groups excluding carboxylic acids is 1. The van der Waals surface area contributed by atoms with Crippen LogP contribution < -0.4 is 4.72 Å². The largest absolute Gasteiger partial charge is 0.462 e. The molecule has 0 spiro atoms. The Kier molecular flexibility index (Phi) is 5.18. The molecule has 1 aromatic carbocycles. The highest BCUT2D eigenvalue weighted by atomic mass is 35.5. The lowest BCUT2D eigenvalue weighted by atomic mass is 10.2. The molecule has 0 radical (unpaired) electrons. The van der Waals surface area contributed by atoms with Crippen molar-refractivity contribution >= 4 is 45.0 Å². The highest BCUT2D eigenvalue weighted by molar-refractivity contribution is 7.92. The van der Waals surface area contributed by atoms with Crippen LogP contribution in [-0.4, -0.2) is 31.2 Å². The van der Waals surface area contributed by atoms with Gasteiger partial charge in [0, 0.05) is 5.02 Å². The topological polar surface area (TPSA) is 101 Å². The summed E-state index contributed by atoms with van der Waals surface area (Å²) in [4.78, 5) is 11.6. The predicted molar refractivity (Wildman–Crippen MR) is 86.6 cm³/mol. The first-order chi connectivity index (χ1) is 10.8. The maximum Gasteiger partial charge on any atom is 0.343 e. The first-order valence-corrected chi connectivity index (χ1v) is 8.69. The number of benzene rings is 1. The molecule has 10 heteroatoms. The van der Waals surface area contributed by atoms with Crippen LogP contribution in [0.3, 0.4) is 0 Å². The number of nitrogens with one attached hydrogen (secondary N) is 2. The zero-order valence-corrected chi connectivity index (χ0v) is 14.5. The van der Waals surface area contributed by atoms with Gasteiger partial charge in [-0.25, -0.2) is 13.2 Å². The van der Waals surface area contributed by atoms with Crippen LogP contribution in [0.5, 0.6) is 0 Å². The van der Waals surface area contributed by atoms with Crippen molar-refractivity contribution in [3.05, 3.63) is 39.5 Å². The summed E-state index contributed by atoms with van der Waals surface area (Å²) in [5.41, 5.74) is 0.518. The Labute approximate surface area is 143 Å². The van der Waals surface area contributed by atoms with Gasteiger partial charge in [0.1, 0.15) is 16.3 Å². The molecule has 7 nitrogen and oxygen atoms in total. The summed E-state index contributed by atoms with van der Waals surface area (Å²) < 4.78 is 32.0. The normalized spacial score (nSPS) is 11.3. The summed E-state index contributed by atoms with van der Waals surface area (Å²) in [6, 6.07) is 2.68. The number of hydrogen-bond donors (Lipinski definition) is 2. The van der Waals surface area contributed by atoms with Gasteiger partial charge in [-0.2, -0.15) is 5.10 Å². The third kappa shape index (κ3) is 3.77. The molecule has 0 atom stereocenters. The first-order valence-electron chi connectivity index (χ1n) is 6.45. The summed E-state index contributed by atoms with van der Waals surface area (Å²) >= 11 is 11.9. The Morgan fingerprint density at radius 3 is 2.70 bits per heavy atom. The molecule has 0 unspecified atom stereocenters. The van der Waals surface area contributed by atoms with Gasteiger partial charge in [0.2, 0.25) is 0 Å². The van der Waals surface area contributed by atoms with E-state index in [0.29, 0.717) is 10.6 Å². The van der Waals surface area contributed by atoms with Crippen LogP contribution in [0.15, 0.2) is 23.2 Å². The maximum absolute atomic E-state index is 12.5. The molecule has 0 aliphatic carbocycles. The van der Waals surface area contributed by atoms with E-state index >= 15 is 0 Å². The highest BCUT2D eigenvalue weighted by Crippen LogP contribution is 2.29.